The molecule has 7 heteroatoms. The molecule has 0 aromatic carbocycles. The van der Waals surface area contributed by atoms with Gasteiger partial charge in [0, 0.05) is 12.1 Å². The zero-order valence-electron chi connectivity index (χ0n) is 12.6. The third-order valence-corrected chi connectivity index (χ3v) is 2.49. The first-order valence-corrected chi connectivity index (χ1v) is 6.87. The summed E-state index contributed by atoms with van der Waals surface area (Å²) in [6.45, 7) is 7.11. The molecule has 0 aliphatic heterocycles. The van der Waals surface area contributed by atoms with E-state index in [0.29, 0.717) is 6.54 Å². The van der Waals surface area contributed by atoms with Crippen LogP contribution in [-0.2, 0) is 19.1 Å². The molecule has 118 valence electrons. The van der Waals surface area contributed by atoms with Gasteiger partial charge in [0.15, 0.2) is 0 Å². The Morgan fingerprint density at radius 2 is 1.86 bits per heavy atom. The van der Waals surface area contributed by atoms with Gasteiger partial charge in [-0.15, -0.1) is 0 Å². The van der Waals surface area contributed by atoms with Gasteiger partial charge in [-0.1, -0.05) is 37.9 Å². The summed E-state index contributed by atoms with van der Waals surface area (Å²) in [6.07, 6.45) is 4.32. The highest BCUT2D eigenvalue weighted by atomic mass is 16.6. The molecule has 1 amide bonds. The number of unbranched alkanes of at least 4 members (excludes halogenated alkanes) is 3. The molecule has 0 unspecified atom stereocenters. The molecule has 0 saturated carbocycles. The Bertz CT molecular complexity index is 402. The van der Waals surface area contributed by atoms with E-state index in [-0.39, 0.29) is 18.8 Å². The molecule has 0 bridgehead atoms. The fourth-order valence-corrected chi connectivity index (χ4v) is 1.38. The summed E-state index contributed by atoms with van der Waals surface area (Å²) in [6, 6.07) is 0. The lowest BCUT2D eigenvalue weighted by atomic mass is 10.2. The van der Waals surface area contributed by atoms with Gasteiger partial charge in [-0.25, -0.2) is 14.4 Å². The van der Waals surface area contributed by atoms with E-state index in [1.807, 2.05) is 0 Å². The molecular formula is C14H22N2O5. The number of hydrogen-bond acceptors (Lipinski definition) is 6. The highest BCUT2D eigenvalue weighted by Gasteiger charge is 2.14. The van der Waals surface area contributed by atoms with Gasteiger partial charge in [0.2, 0.25) is 0 Å². The summed E-state index contributed by atoms with van der Waals surface area (Å²) < 4.78 is 9.62. The Morgan fingerprint density at radius 3 is 2.43 bits per heavy atom. The molecule has 0 aromatic rings. The number of rotatable bonds is 10. The molecule has 0 aliphatic carbocycles. The number of carbonyl (C=O) groups excluding carboxylic acids is 3. The predicted molar refractivity (Wildman–Crippen MR) is 76.1 cm³/mol. The fourth-order valence-electron chi connectivity index (χ4n) is 1.38. The summed E-state index contributed by atoms with van der Waals surface area (Å²) >= 11 is 0. The minimum atomic E-state index is -0.763. The van der Waals surface area contributed by atoms with Gasteiger partial charge in [-0.3, -0.25) is 0 Å². The van der Waals surface area contributed by atoms with Crippen LogP contribution in [0.15, 0.2) is 17.3 Å². The lowest BCUT2D eigenvalue weighted by molar-refractivity contribution is -0.140. The van der Waals surface area contributed by atoms with Crippen LogP contribution in [-0.4, -0.2) is 42.9 Å². The second-order valence-electron chi connectivity index (χ2n) is 4.41. The van der Waals surface area contributed by atoms with Crippen LogP contribution < -0.4 is 0 Å². The first kappa shape index (κ1) is 18.9. The van der Waals surface area contributed by atoms with Gasteiger partial charge < -0.3 is 9.47 Å². The SMILES string of the molecule is C=C(C)C(=O)OCCOC(=O)N(CCCCCC)N=C=O. The second-order valence-corrected chi connectivity index (χ2v) is 4.41. The van der Waals surface area contributed by atoms with Crippen molar-refractivity contribution in [1.29, 1.82) is 0 Å². The standard InChI is InChI=1S/C14H22N2O5/c1-4-5-6-7-8-16(15-11-17)14(19)21-10-9-20-13(18)12(2)3/h2,4-10H2,1,3H3. The van der Waals surface area contributed by atoms with E-state index >= 15 is 0 Å². The van der Waals surface area contributed by atoms with Crippen LogP contribution in [0.5, 0.6) is 0 Å². The zero-order chi connectivity index (χ0) is 16.1. The second kappa shape index (κ2) is 11.7. The normalized spacial score (nSPS) is 9.43. The molecule has 0 spiro atoms. The van der Waals surface area contributed by atoms with Gasteiger partial charge in [0.25, 0.3) is 6.08 Å². The van der Waals surface area contributed by atoms with Crippen LogP contribution in [0, 0.1) is 0 Å². The number of isocyanates is 1. The number of hydrazone groups is 1. The van der Waals surface area contributed by atoms with E-state index in [9.17, 15) is 14.4 Å². The molecule has 0 N–H and O–H groups in total. The Balaban J connectivity index is 4.03. The average Bonchev–Trinajstić information content (AvgIpc) is 2.46. The van der Waals surface area contributed by atoms with E-state index in [1.54, 1.807) is 0 Å². The minimum Gasteiger partial charge on any atom is -0.459 e. The highest BCUT2D eigenvalue weighted by molar-refractivity contribution is 5.86. The Hall–Kier alpha value is -2.14. The molecule has 0 radical (unpaired) electrons. The van der Waals surface area contributed by atoms with Crippen LogP contribution in [0.1, 0.15) is 39.5 Å². The van der Waals surface area contributed by atoms with Crippen molar-refractivity contribution in [2.75, 3.05) is 19.8 Å². The monoisotopic (exact) mass is 298 g/mol. The summed E-state index contributed by atoms with van der Waals surface area (Å²) in [7, 11) is 0. The first-order chi connectivity index (χ1) is 10.0. The van der Waals surface area contributed by atoms with Gasteiger partial charge in [-0.2, -0.15) is 5.01 Å². The van der Waals surface area contributed by atoms with Crippen molar-refractivity contribution in [1.82, 2.24) is 5.01 Å². The van der Waals surface area contributed by atoms with Crippen molar-refractivity contribution >= 4 is 18.1 Å². The van der Waals surface area contributed by atoms with E-state index in [0.717, 1.165) is 30.7 Å². The van der Waals surface area contributed by atoms with Crippen LogP contribution in [0.4, 0.5) is 4.79 Å². The molecule has 0 aliphatic rings. The van der Waals surface area contributed by atoms with Crippen LogP contribution in [0.2, 0.25) is 0 Å². The zero-order valence-corrected chi connectivity index (χ0v) is 12.6. The van der Waals surface area contributed by atoms with E-state index in [1.165, 1.54) is 13.0 Å². The van der Waals surface area contributed by atoms with Crippen molar-refractivity contribution in [2.45, 2.75) is 39.5 Å². The molecule has 7 nitrogen and oxygen atoms in total. The lowest BCUT2D eigenvalue weighted by Crippen LogP contribution is -2.29. The number of amides is 1. The maximum absolute atomic E-state index is 11.6. The first-order valence-electron chi connectivity index (χ1n) is 6.87. The Labute approximate surface area is 124 Å². The summed E-state index contributed by atoms with van der Waals surface area (Å²) in [4.78, 5) is 33.0. The third kappa shape index (κ3) is 9.40. The number of ether oxygens (including phenoxy) is 2. The molecule has 0 heterocycles. The van der Waals surface area contributed by atoms with Gasteiger partial charge in [0.1, 0.15) is 13.2 Å². The quantitative estimate of drug-likeness (QED) is 0.154. The molecule has 0 saturated heterocycles. The fraction of sp³-hybridized carbons (Fsp3) is 0.643. The van der Waals surface area contributed by atoms with Crippen molar-refractivity contribution in [3.8, 4) is 0 Å². The number of carbonyl (C=O) groups is 2. The Kier molecular flexibility index (Phi) is 10.5. The Morgan fingerprint density at radius 1 is 1.19 bits per heavy atom. The average molecular weight is 298 g/mol. The van der Waals surface area contributed by atoms with Crippen molar-refractivity contribution < 1.29 is 23.9 Å². The largest absolute Gasteiger partial charge is 0.459 e. The smallest absolute Gasteiger partial charge is 0.431 e. The molecule has 0 rings (SSSR count). The van der Waals surface area contributed by atoms with E-state index < -0.39 is 12.1 Å². The van der Waals surface area contributed by atoms with E-state index in [4.69, 9.17) is 9.47 Å². The molecule has 21 heavy (non-hydrogen) atoms. The van der Waals surface area contributed by atoms with Crippen LogP contribution >= 0.6 is 0 Å². The maximum atomic E-state index is 11.6. The van der Waals surface area contributed by atoms with Crippen LogP contribution in [0.3, 0.4) is 0 Å². The predicted octanol–water partition coefficient (Wildman–Crippen LogP) is 2.38. The lowest BCUT2D eigenvalue weighted by Gasteiger charge is -2.14. The number of nitrogens with zero attached hydrogens (tertiary/aromatic N) is 2. The number of hydrogen-bond donors (Lipinski definition) is 0. The maximum Gasteiger partial charge on any atom is 0.431 e. The minimum absolute atomic E-state index is 0.0775. The summed E-state index contributed by atoms with van der Waals surface area (Å²) in [5, 5.41) is 4.22. The summed E-state index contributed by atoms with van der Waals surface area (Å²) in [5.74, 6) is -0.548. The topological polar surface area (TPSA) is 85.3 Å². The molecule has 0 atom stereocenters. The van der Waals surface area contributed by atoms with Gasteiger partial charge in [0.05, 0.1) is 0 Å². The molecule has 0 fully saturated rings. The number of esters is 1. The molecule has 0 aromatic heterocycles. The van der Waals surface area contributed by atoms with Crippen molar-refractivity contribution in [2.24, 2.45) is 5.10 Å². The van der Waals surface area contributed by atoms with Gasteiger partial charge >= 0.3 is 12.1 Å². The highest BCUT2D eigenvalue weighted by Crippen LogP contribution is 2.03. The van der Waals surface area contributed by atoms with Crippen molar-refractivity contribution in [3.05, 3.63) is 12.2 Å². The van der Waals surface area contributed by atoms with Gasteiger partial charge in [-0.05, 0) is 13.3 Å². The van der Waals surface area contributed by atoms with Crippen LogP contribution in [0.25, 0.3) is 0 Å². The third-order valence-electron chi connectivity index (χ3n) is 2.49. The molecular weight excluding hydrogens is 276 g/mol. The van der Waals surface area contributed by atoms with Crippen molar-refractivity contribution in [3.63, 3.8) is 0 Å². The summed E-state index contributed by atoms with van der Waals surface area (Å²) in [5.41, 5.74) is 0.268. The van der Waals surface area contributed by atoms with E-state index in [2.05, 4.69) is 18.6 Å².